The van der Waals surface area contributed by atoms with Crippen molar-refractivity contribution in [3.05, 3.63) is 41.2 Å². The molecule has 1 amide bonds. The minimum Gasteiger partial charge on any atom is -0.356 e. The molecule has 0 saturated carbocycles. The van der Waals surface area contributed by atoms with Gasteiger partial charge in [-0.15, -0.1) is 0 Å². The predicted octanol–water partition coefficient (Wildman–Crippen LogP) is 4.52. The quantitative estimate of drug-likeness (QED) is 0.634. The summed E-state index contributed by atoms with van der Waals surface area (Å²) in [7, 11) is 0. The lowest BCUT2D eigenvalue weighted by atomic mass is 9.93. The summed E-state index contributed by atoms with van der Waals surface area (Å²) in [5, 5.41) is 3.17. The second-order valence-corrected chi connectivity index (χ2v) is 8.88. The number of aromatic nitrogens is 1. The summed E-state index contributed by atoms with van der Waals surface area (Å²) >= 11 is 0. The Morgan fingerprint density at radius 1 is 0.966 bits per heavy atom. The number of rotatable bonds is 9. The molecule has 0 atom stereocenters. The molecular weight excluding hydrogens is 358 g/mol. The van der Waals surface area contributed by atoms with Gasteiger partial charge in [-0.3, -0.25) is 4.79 Å². The zero-order chi connectivity index (χ0) is 19.9. The molecule has 2 aliphatic rings. The van der Waals surface area contributed by atoms with Crippen LogP contribution in [0, 0.1) is 0 Å². The van der Waals surface area contributed by atoms with Crippen LogP contribution in [0.3, 0.4) is 0 Å². The zero-order valence-corrected chi connectivity index (χ0v) is 17.9. The summed E-state index contributed by atoms with van der Waals surface area (Å²) in [5.41, 5.74) is 5.85. The molecule has 4 heteroatoms. The van der Waals surface area contributed by atoms with Crippen molar-refractivity contribution in [3.63, 3.8) is 0 Å². The number of unbranched alkanes of at least 4 members (excludes halogenated alkanes) is 2. The zero-order valence-electron chi connectivity index (χ0n) is 17.9. The van der Waals surface area contributed by atoms with E-state index in [4.69, 9.17) is 0 Å². The van der Waals surface area contributed by atoms with Gasteiger partial charge in [0.25, 0.3) is 0 Å². The van der Waals surface area contributed by atoms with Crippen molar-refractivity contribution in [1.82, 2.24) is 14.6 Å². The second kappa shape index (κ2) is 10.3. The number of pyridine rings is 1. The van der Waals surface area contributed by atoms with Gasteiger partial charge in [-0.1, -0.05) is 18.9 Å². The summed E-state index contributed by atoms with van der Waals surface area (Å²) < 4.78 is 2.38. The minimum absolute atomic E-state index is 0.223. The maximum atomic E-state index is 12.3. The van der Waals surface area contributed by atoms with Crippen LogP contribution < -0.4 is 5.32 Å². The fraction of sp³-hybridized carbons (Fsp3) is 0.640. The van der Waals surface area contributed by atoms with E-state index in [9.17, 15) is 4.79 Å². The Kier molecular flexibility index (Phi) is 7.26. The van der Waals surface area contributed by atoms with E-state index in [1.165, 1.54) is 94.2 Å². The third-order valence-corrected chi connectivity index (χ3v) is 6.79. The number of aryl methyl sites for hydroxylation is 1. The SMILES string of the molecule is O=C(CCCCCN1CCCCC1)NCCc1c2c(n3ccccc13)CCCC2. The highest BCUT2D eigenvalue weighted by molar-refractivity contribution is 5.75. The highest BCUT2D eigenvalue weighted by Crippen LogP contribution is 2.30. The minimum atomic E-state index is 0.223. The highest BCUT2D eigenvalue weighted by Gasteiger charge is 2.20. The standard InChI is InChI=1S/C25H37N3O/c29-25(14-3-1-7-17-27-18-8-2-9-19-27)26-16-15-22-21-11-4-5-12-23(21)28-20-10-6-13-24(22)28/h6,10,13,20H,1-5,7-9,11-12,14-19H2,(H,26,29). The third-order valence-electron chi connectivity index (χ3n) is 6.79. The van der Waals surface area contributed by atoms with Gasteiger partial charge in [0, 0.05) is 30.4 Å². The molecule has 1 saturated heterocycles. The molecule has 3 heterocycles. The molecule has 0 aromatic carbocycles. The van der Waals surface area contributed by atoms with Crippen LogP contribution in [0.4, 0.5) is 0 Å². The molecule has 0 unspecified atom stereocenters. The van der Waals surface area contributed by atoms with Gasteiger partial charge < -0.3 is 14.6 Å². The van der Waals surface area contributed by atoms with Crippen LogP contribution in [0.25, 0.3) is 5.52 Å². The summed E-state index contributed by atoms with van der Waals surface area (Å²) in [4.78, 5) is 14.9. The third kappa shape index (κ3) is 5.22. The fourth-order valence-corrected chi connectivity index (χ4v) is 5.23. The van der Waals surface area contributed by atoms with Gasteiger partial charge in [-0.2, -0.15) is 0 Å². The van der Waals surface area contributed by atoms with E-state index in [-0.39, 0.29) is 5.91 Å². The normalized spacial score (nSPS) is 17.4. The number of nitrogens with one attached hydrogen (secondary N) is 1. The average molecular weight is 396 g/mol. The van der Waals surface area contributed by atoms with Crippen LogP contribution >= 0.6 is 0 Å². The van der Waals surface area contributed by atoms with Gasteiger partial charge in [-0.05, 0) is 101 Å². The van der Waals surface area contributed by atoms with Crippen molar-refractivity contribution >= 4 is 11.4 Å². The van der Waals surface area contributed by atoms with Gasteiger partial charge >= 0.3 is 0 Å². The Morgan fingerprint density at radius 3 is 2.72 bits per heavy atom. The molecule has 0 radical (unpaired) electrons. The van der Waals surface area contributed by atoms with Crippen LogP contribution in [-0.2, 0) is 24.1 Å². The van der Waals surface area contributed by atoms with Gasteiger partial charge in [0.15, 0.2) is 0 Å². The first-order valence-electron chi connectivity index (χ1n) is 11.9. The molecule has 1 aliphatic carbocycles. The lowest BCUT2D eigenvalue weighted by molar-refractivity contribution is -0.121. The monoisotopic (exact) mass is 395 g/mol. The molecule has 0 spiro atoms. The molecule has 0 bridgehead atoms. The Balaban J connectivity index is 1.19. The molecule has 158 valence electrons. The van der Waals surface area contributed by atoms with E-state index in [1.54, 1.807) is 5.56 Å². The summed E-state index contributed by atoms with van der Waals surface area (Å²) in [6.07, 6.45) is 16.3. The number of fused-ring (bicyclic) bond motifs is 3. The van der Waals surface area contributed by atoms with Crippen LogP contribution in [0.5, 0.6) is 0 Å². The van der Waals surface area contributed by atoms with Crippen molar-refractivity contribution in [1.29, 1.82) is 0 Å². The molecular formula is C25H37N3O. The van der Waals surface area contributed by atoms with Crippen molar-refractivity contribution in [2.75, 3.05) is 26.2 Å². The van der Waals surface area contributed by atoms with Gasteiger partial charge in [0.1, 0.15) is 0 Å². The van der Waals surface area contributed by atoms with Gasteiger partial charge in [0.2, 0.25) is 5.91 Å². The molecule has 29 heavy (non-hydrogen) atoms. The topological polar surface area (TPSA) is 36.8 Å². The van der Waals surface area contributed by atoms with Crippen molar-refractivity contribution < 1.29 is 4.79 Å². The first-order chi connectivity index (χ1) is 14.3. The van der Waals surface area contributed by atoms with E-state index in [2.05, 4.69) is 39.0 Å². The van der Waals surface area contributed by atoms with Crippen molar-refractivity contribution in [2.45, 2.75) is 77.0 Å². The number of hydrogen-bond acceptors (Lipinski definition) is 2. The Bertz CT molecular complexity index is 804. The first kappa shape index (κ1) is 20.5. The Morgan fingerprint density at radius 2 is 1.83 bits per heavy atom. The number of carbonyl (C=O) groups is 1. The maximum Gasteiger partial charge on any atom is 0.220 e. The van der Waals surface area contributed by atoms with Gasteiger partial charge in [0.05, 0.1) is 0 Å². The number of carbonyl (C=O) groups excluding carboxylic acids is 1. The number of piperidine rings is 1. The Hall–Kier alpha value is -1.81. The number of amides is 1. The molecule has 2 aromatic rings. The molecule has 4 nitrogen and oxygen atoms in total. The van der Waals surface area contributed by atoms with E-state index >= 15 is 0 Å². The second-order valence-electron chi connectivity index (χ2n) is 8.88. The molecule has 2 aromatic heterocycles. The number of nitrogens with zero attached hydrogens (tertiary/aromatic N) is 2. The van der Waals surface area contributed by atoms with Crippen molar-refractivity contribution in [2.24, 2.45) is 0 Å². The van der Waals surface area contributed by atoms with Crippen LogP contribution in [-0.4, -0.2) is 41.4 Å². The first-order valence-corrected chi connectivity index (χ1v) is 11.9. The Labute approximate surface area is 175 Å². The fourth-order valence-electron chi connectivity index (χ4n) is 5.23. The summed E-state index contributed by atoms with van der Waals surface area (Å²) in [5.74, 6) is 0.223. The summed E-state index contributed by atoms with van der Waals surface area (Å²) in [6.45, 7) is 4.53. The highest BCUT2D eigenvalue weighted by atomic mass is 16.1. The average Bonchev–Trinajstić information content (AvgIpc) is 3.08. The van der Waals surface area contributed by atoms with Crippen LogP contribution in [0.2, 0.25) is 0 Å². The molecule has 1 fully saturated rings. The smallest absolute Gasteiger partial charge is 0.220 e. The number of hydrogen-bond donors (Lipinski definition) is 1. The van der Waals surface area contributed by atoms with E-state index < -0.39 is 0 Å². The maximum absolute atomic E-state index is 12.3. The lowest BCUT2D eigenvalue weighted by Gasteiger charge is -2.26. The summed E-state index contributed by atoms with van der Waals surface area (Å²) in [6, 6.07) is 6.49. The molecule has 1 aliphatic heterocycles. The van der Waals surface area contributed by atoms with E-state index in [1.807, 2.05) is 0 Å². The molecule has 4 rings (SSSR count). The van der Waals surface area contributed by atoms with Gasteiger partial charge in [-0.25, -0.2) is 0 Å². The molecule has 1 N–H and O–H groups in total. The van der Waals surface area contributed by atoms with Crippen LogP contribution in [0.15, 0.2) is 24.4 Å². The van der Waals surface area contributed by atoms with Crippen LogP contribution in [0.1, 0.15) is 74.6 Å². The number of likely N-dealkylation sites (tertiary alicyclic amines) is 1. The largest absolute Gasteiger partial charge is 0.356 e. The van der Waals surface area contributed by atoms with E-state index in [0.717, 1.165) is 19.4 Å². The van der Waals surface area contributed by atoms with E-state index in [0.29, 0.717) is 6.42 Å². The lowest BCUT2D eigenvalue weighted by Crippen LogP contribution is -2.30. The predicted molar refractivity (Wildman–Crippen MR) is 120 cm³/mol. The van der Waals surface area contributed by atoms with Crippen molar-refractivity contribution in [3.8, 4) is 0 Å².